The predicted octanol–water partition coefficient (Wildman–Crippen LogP) is 2.92. The molecule has 3 aromatic rings. The molecule has 0 fully saturated rings. The lowest BCUT2D eigenvalue weighted by molar-refractivity contribution is 0.0690. The average Bonchev–Trinajstić information content (AvgIpc) is 2.94. The van der Waals surface area contributed by atoms with E-state index in [1.165, 1.54) is 6.07 Å². The van der Waals surface area contributed by atoms with E-state index in [0.717, 1.165) is 16.5 Å². The fourth-order valence-electron chi connectivity index (χ4n) is 2.14. The van der Waals surface area contributed by atoms with Gasteiger partial charge in [0.15, 0.2) is 0 Å². The number of carboxylic acid groups (broad SMARTS) is 1. The molecule has 2 N–H and O–H groups in total. The average molecular weight is 276 g/mol. The van der Waals surface area contributed by atoms with Gasteiger partial charge in [0.2, 0.25) is 0 Å². The lowest BCUT2D eigenvalue weighted by atomic mass is 10.1. The van der Waals surface area contributed by atoms with Gasteiger partial charge in [0.05, 0.1) is 5.69 Å². The number of hydrogen-bond acceptors (Lipinski definition) is 2. The zero-order valence-electron chi connectivity index (χ0n) is 10.0. The third-order valence-corrected chi connectivity index (χ3v) is 3.27. The molecule has 96 valence electrons. The van der Waals surface area contributed by atoms with Gasteiger partial charge in [0.1, 0.15) is 5.69 Å². The van der Waals surface area contributed by atoms with E-state index >= 15 is 0 Å². The molecule has 5 nitrogen and oxygen atoms in total. The fraction of sp³-hybridized carbons (Fsp3) is 0.0769. The Kier molecular flexibility index (Phi) is 2.57. The van der Waals surface area contributed by atoms with E-state index in [9.17, 15) is 4.79 Å². The molecule has 0 aliphatic carbocycles. The van der Waals surface area contributed by atoms with Crippen molar-refractivity contribution in [1.82, 2.24) is 14.8 Å². The van der Waals surface area contributed by atoms with Gasteiger partial charge in [-0.05, 0) is 24.3 Å². The molecule has 19 heavy (non-hydrogen) atoms. The van der Waals surface area contributed by atoms with Crippen molar-refractivity contribution in [2.45, 2.75) is 0 Å². The van der Waals surface area contributed by atoms with Gasteiger partial charge in [-0.25, -0.2) is 4.79 Å². The van der Waals surface area contributed by atoms with E-state index in [1.807, 2.05) is 36.0 Å². The van der Waals surface area contributed by atoms with Crippen LogP contribution in [0.4, 0.5) is 0 Å². The summed E-state index contributed by atoms with van der Waals surface area (Å²) in [4.78, 5) is 10.9. The van der Waals surface area contributed by atoms with Crippen molar-refractivity contribution in [2.24, 2.45) is 7.05 Å². The van der Waals surface area contributed by atoms with Crippen molar-refractivity contribution in [3.8, 4) is 11.3 Å². The maximum atomic E-state index is 10.9. The number of halogens is 1. The number of rotatable bonds is 2. The molecule has 3 rings (SSSR count). The van der Waals surface area contributed by atoms with Crippen LogP contribution in [-0.4, -0.2) is 25.8 Å². The molecule has 2 aromatic heterocycles. The molecule has 1 aromatic carbocycles. The van der Waals surface area contributed by atoms with Gasteiger partial charge in [-0.2, -0.15) is 5.10 Å². The number of aromatic amines is 1. The molecule has 0 radical (unpaired) electrons. The molecule has 0 bridgehead atoms. The van der Waals surface area contributed by atoms with E-state index in [4.69, 9.17) is 16.7 Å². The highest BCUT2D eigenvalue weighted by Crippen LogP contribution is 2.31. The molecule has 0 saturated heterocycles. The predicted molar refractivity (Wildman–Crippen MR) is 72.5 cm³/mol. The maximum Gasteiger partial charge on any atom is 0.353 e. The van der Waals surface area contributed by atoms with E-state index in [-0.39, 0.29) is 5.69 Å². The highest BCUT2D eigenvalue weighted by molar-refractivity contribution is 6.31. The van der Waals surface area contributed by atoms with Crippen LogP contribution in [-0.2, 0) is 7.05 Å². The van der Waals surface area contributed by atoms with Crippen molar-refractivity contribution >= 4 is 28.5 Å². The second-order valence-corrected chi connectivity index (χ2v) is 4.72. The standard InChI is InChI=1S/C13H10ClN3O2/c1-17-6-9(8-4-7(14)2-3-12(8)17)10-5-11(13(18)19)16-15-10/h2-6H,1H3,(H,15,16)(H,18,19). The van der Waals surface area contributed by atoms with Crippen molar-refractivity contribution in [3.63, 3.8) is 0 Å². The van der Waals surface area contributed by atoms with Gasteiger partial charge < -0.3 is 9.67 Å². The van der Waals surface area contributed by atoms with Gasteiger partial charge in [-0.1, -0.05) is 11.6 Å². The first-order valence-corrected chi connectivity index (χ1v) is 5.97. The zero-order valence-corrected chi connectivity index (χ0v) is 10.8. The number of nitrogens with zero attached hydrogens (tertiary/aromatic N) is 2. The molecular weight excluding hydrogens is 266 g/mol. The quantitative estimate of drug-likeness (QED) is 0.755. The second kappa shape index (κ2) is 4.13. The third kappa shape index (κ3) is 1.88. The van der Waals surface area contributed by atoms with Crippen molar-refractivity contribution < 1.29 is 9.90 Å². The van der Waals surface area contributed by atoms with Gasteiger partial charge in [-0.3, -0.25) is 5.10 Å². The fourth-order valence-corrected chi connectivity index (χ4v) is 2.31. The summed E-state index contributed by atoms with van der Waals surface area (Å²) in [5, 5.41) is 17.0. The molecule has 0 aliphatic rings. The summed E-state index contributed by atoms with van der Waals surface area (Å²) in [5.41, 5.74) is 2.52. The minimum Gasteiger partial charge on any atom is -0.477 e. The van der Waals surface area contributed by atoms with Crippen LogP contribution >= 0.6 is 11.6 Å². The summed E-state index contributed by atoms with van der Waals surface area (Å²) < 4.78 is 1.95. The summed E-state index contributed by atoms with van der Waals surface area (Å²) >= 11 is 6.01. The lowest BCUT2D eigenvalue weighted by Gasteiger charge is -1.96. The molecule has 0 amide bonds. The van der Waals surface area contributed by atoms with Crippen LogP contribution in [0.3, 0.4) is 0 Å². The van der Waals surface area contributed by atoms with Crippen molar-refractivity contribution in [3.05, 3.63) is 41.2 Å². The van der Waals surface area contributed by atoms with E-state index in [2.05, 4.69) is 10.2 Å². The number of hydrogen-bond donors (Lipinski definition) is 2. The summed E-state index contributed by atoms with van der Waals surface area (Å²) in [6.45, 7) is 0. The van der Waals surface area contributed by atoms with E-state index < -0.39 is 5.97 Å². The van der Waals surface area contributed by atoms with Crippen LogP contribution in [0.25, 0.3) is 22.2 Å². The van der Waals surface area contributed by atoms with Crippen LogP contribution in [0.15, 0.2) is 30.5 Å². The summed E-state index contributed by atoms with van der Waals surface area (Å²) in [6, 6.07) is 7.10. The largest absolute Gasteiger partial charge is 0.477 e. The summed E-state index contributed by atoms with van der Waals surface area (Å²) in [7, 11) is 1.92. The molecular formula is C13H10ClN3O2. The Balaban J connectivity index is 2.23. The summed E-state index contributed by atoms with van der Waals surface area (Å²) in [5.74, 6) is -1.03. The Morgan fingerprint density at radius 2 is 2.21 bits per heavy atom. The van der Waals surface area contributed by atoms with Crippen molar-refractivity contribution in [1.29, 1.82) is 0 Å². The number of aryl methyl sites for hydroxylation is 1. The first kappa shape index (κ1) is 11.8. The molecule has 0 atom stereocenters. The number of aromatic nitrogens is 3. The monoisotopic (exact) mass is 275 g/mol. The number of carboxylic acids is 1. The van der Waals surface area contributed by atoms with Gasteiger partial charge in [0, 0.05) is 34.7 Å². The van der Waals surface area contributed by atoms with Crippen LogP contribution in [0.2, 0.25) is 5.02 Å². The zero-order chi connectivity index (χ0) is 13.6. The minimum absolute atomic E-state index is 0.0639. The number of H-pyrrole nitrogens is 1. The molecule has 0 spiro atoms. The van der Waals surface area contributed by atoms with Gasteiger partial charge >= 0.3 is 5.97 Å². The Labute approximate surface area is 113 Å². The van der Waals surface area contributed by atoms with Gasteiger partial charge in [0.25, 0.3) is 0 Å². The Morgan fingerprint density at radius 1 is 1.42 bits per heavy atom. The van der Waals surface area contributed by atoms with Gasteiger partial charge in [-0.15, -0.1) is 0 Å². The van der Waals surface area contributed by atoms with Crippen molar-refractivity contribution in [2.75, 3.05) is 0 Å². The minimum atomic E-state index is -1.03. The van der Waals surface area contributed by atoms with Crippen LogP contribution in [0.5, 0.6) is 0 Å². The van der Waals surface area contributed by atoms with E-state index in [1.54, 1.807) is 0 Å². The lowest BCUT2D eigenvalue weighted by Crippen LogP contribution is -1.95. The first-order valence-electron chi connectivity index (χ1n) is 5.60. The SMILES string of the molecule is Cn1cc(-c2cc(C(=O)O)[nH]n2)c2cc(Cl)ccc21. The third-order valence-electron chi connectivity index (χ3n) is 3.04. The summed E-state index contributed by atoms with van der Waals surface area (Å²) in [6.07, 6.45) is 1.91. The molecule has 0 saturated carbocycles. The number of aromatic carboxylic acids is 1. The van der Waals surface area contributed by atoms with E-state index in [0.29, 0.717) is 10.7 Å². The molecule has 2 heterocycles. The molecule has 0 aliphatic heterocycles. The first-order chi connectivity index (χ1) is 9.06. The topological polar surface area (TPSA) is 70.9 Å². The number of nitrogens with one attached hydrogen (secondary N) is 1. The molecule has 0 unspecified atom stereocenters. The Bertz CT molecular complexity index is 788. The van der Waals surface area contributed by atoms with Crippen LogP contribution < -0.4 is 0 Å². The Morgan fingerprint density at radius 3 is 2.89 bits per heavy atom. The Hall–Kier alpha value is -2.27. The van der Waals surface area contributed by atoms with Crippen LogP contribution in [0.1, 0.15) is 10.5 Å². The number of fused-ring (bicyclic) bond motifs is 1. The second-order valence-electron chi connectivity index (χ2n) is 4.29. The number of carbonyl (C=O) groups is 1. The normalized spacial score (nSPS) is 11.1. The molecule has 6 heteroatoms. The van der Waals surface area contributed by atoms with Crippen LogP contribution in [0, 0.1) is 0 Å². The smallest absolute Gasteiger partial charge is 0.353 e. The highest BCUT2D eigenvalue weighted by Gasteiger charge is 2.14. The maximum absolute atomic E-state index is 10.9. The number of benzene rings is 1. The highest BCUT2D eigenvalue weighted by atomic mass is 35.5.